The van der Waals surface area contributed by atoms with Crippen molar-refractivity contribution in [3.05, 3.63) is 0 Å². The van der Waals surface area contributed by atoms with Gasteiger partial charge in [0.05, 0.1) is 13.0 Å². The molecule has 1 spiro atoms. The molecule has 0 radical (unpaired) electrons. The van der Waals surface area contributed by atoms with Crippen molar-refractivity contribution in [2.24, 2.45) is 5.41 Å². The zero-order chi connectivity index (χ0) is 12.8. The number of hydrogen-bond donors (Lipinski definition) is 0. The van der Waals surface area contributed by atoms with Crippen molar-refractivity contribution in [1.29, 1.82) is 0 Å². The van der Waals surface area contributed by atoms with Crippen LogP contribution in [0.25, 0.3) is 0 Å². The summed E-state index contributed by atoms with van der Waals surface area (Å²) >= 11 is 0. The normalized spacial score (nSPS) is 24.1. The minimum absolute atomic E-state index is 0.0459. The van der Waals surface area contributed by atoms with Crippen LogP contribution in [-0.4, -0.2) is 37.1 Å². The summed E-state index contributed by atoms with van der Waals surface area (Å²) in [5.41, 5.74) is 0.665. The van der Waals surface area contributed by atoms with E-state index < -0.39 is 0 Å². The molecule has 18 heavy (non-hydrogen) atoms. The van der Waals surface area contributed by atoms with Crippen molar-refractivity contribution < 1.29 is 9.53 Å². The van der Waals surface area contributed by atoms with Gasteiger partial charge in [0.25, 0.3) is 0 Å². The van der Waals surface area contributed by atoms with Gasteiger partial charge in [-0.25, -0.2) is 0 Å². The fourth-order valence-corrected chi connectivity index (χ4v) is 3.54. The first-order chi connectivity index (χ1) is 8.74. The molecule has 1 aliphatic heterocycles. The van der Waals surface area contributed by atoms with Crippen LogP contribution in [0.1, 0.15) is 58.3 Å². The van der Waals surface area contributed by atoms with Gasteiger partial charge in [0.1, 0.15) is 0 Å². The molecular weight excluding hydrogens is 226 g/mol. The van der Waals surface area contributed by atoms with E-state index in [2.05, 4.69) is 4.90 Å². The topological polar surface area (TPSA) is 29.5 Å². The molecule has 1 heterocycles. The van der Waals surface area contributed by atoms with Crippen molar-refractivity contribution in [2.45, 2.75) is 58.3 Å². The van der Waals surface area contributed by atoms with Gasteiger partial charge < -0.3 is 9.64 Å². The van der Waals surface area contributed by atoms with Crippen LogP contribution in [-0.2, 0) is 9.53 Å². The van der Waals surface area contributed by atoms with E-state index >= 15 is 0 Å². The van der Waals surface area contributed by atoms with Crippen LogP contribution in [0.5, 0.6) is 0 Å². The lowest BCUT2D eigenvalue weighted by Gasteiger charge is -2.44. The molecule has 3 heteroatoms. The summed E-state index contributed by atoms with van der Waals surface area (Å²) in [4.78, 5) is 13.8. The fraction of sp³-hybridized carbons (Fsp3) is 0.933. The summed E-state index contributed by atoms with van der Waals surface area (Å²) in [5.74, 6) is -0.0459. The molecule has 0 N–H and O–H groups in total. The summed E-state index contributed by atoms with van der Waals surface area (Å²) in [6.07, 6.45) is 10.4. The number of piperidine rings is 1. The molecule has 0 aromatic heterocycles. The number of nitrogens with zero attached hydrogens (tertiary/aromatic N) is 1. The Kier molecular flexibility index (Phi) is 5.04. The quantitative estimate of drug-likeness (QED) is 0.721. The van der Waals surface area contributed by atoms with Gasteiger partial charge in [-0.15, -0.1) is 0 Å². The van der Waals surface area contributed by atoms with E-state index in [9.17, 15) is 4.79 Å². The first-order valence-corrected chi connectivity index (χ1v) is 7.62. The molecule has 0 unspecified atom stereocenters. The molecule has 1 saturated carbocycles. The van der Waals surface area contributed by atoms with Crippen LogP contribution in [0.15, 0.2) is 0 Å². The average Bonchev–Trinajstić information content (AvgIpc) is 2.40. The number of ether oxygens (including phenoxy) is 1. The molecule has 104 valence electrons. The Hall–Kier alpha value is -0.570. The second kappa shape index (κ2) is 6.55. The molecule has 0 aromatic rings. The number of rotatable bonds is 4. The highest BCUT2D eigenvalue weighted by atomic mass is 16.5. The van der Waals surface area contributed by atoms with Gasteiger partial charge >= 0.3 is 5.97 Å². The molecule has 2 rings (SSSR count). The maximum absolute atomic E-state index is 11.3. The molecule has 0 amide bonds. The number of hydrogen-bond acceptors (Lipinski definition) is 3. The zero-order valence-electron chi connectivity index (χ0n) is 11.7. The van der Waals surface area contributed by atoms with Gasteiger partial charge in [-0.1, -0.05) is 19.3 Å². The van der Waals surface area contributed by atoms with Crippen LogP contribution < -0.4 is 0 Å². The molecular formula is C15H27NO2. The Balaban J connectivity index is 1.68. The summed E-state index contributed by atoms with van der Waals surface area (Å²) in [7, 11) is 0. The van der Waals surface area contributed by atoms with Gasteiger partial charge in [0.2, 0.25) is 0 Å². The Morgan fingerprint density at radius 1 is 1.11 bits per heavy atom. The number of carbonyl (C=O) groups is 1. The molecule has 0 atom stereocenters. The van der Waals surface area contributed by atoms with Crippen molar-refractivity contribution in [2.75, 3.05) is 26.2 Å². The van der Waals surface area contributed by atoms with Crippen molar-refractivity contribution >= 4 is 5.97 Å². The fourth-order valence-electron chi connectivity index (χ4n) is 3.54. The third-order valence-corrected chi connectivity index (χ3v) is 4.77. The third-order valence-electron chi connectivity index (χ3n) is 4.77. The van der Waals surface area contributed by atoms with E-state index in [1.807, 2.05) is 6.92 Å². The Morgan fingerprint density at radius 2 is 1.78 bits per heavy atom. The zero-order valence-corrected chi connectivity index (χ0v) is 11.7. The molecule has 1 saturated heterocycles. The lowest BCUT2D eigenvalue weighted by molar-refractivity contribution is -0.143. The van der Waals surface area contributed by atoms with Gasteiger partial charge in [0.15, 0.2) is 0 Å². The molecule has 0 aromatic carbocycles. The molecule has 3 nitrogen and oxygen atoms in total. The van der Waals surface area contributed by atoms with Crippen LogP contribution in [0, 0.1) is 5.41 Å². The van der Waals surface area contributed by atoms with Crippen molar-refractivity contribution in [3.8, 4) is 0 Å². The van der Waals surface area contributed by atoms with Crippen LogP contribution in [0.3, 0.4) is 0 Å². The van der Waals surface area contributed by atoms with E-state index in [4.69, 9.17) is 4.74 Å². The number of esters is 1. The highest BCUT2D eigenvalue weighted by Gasteiger charge is 2.35. The van der Waals surface area contributed by atoms with Crippen LogP contribution in [0.2, 0.25) is 0 Å². The highest BCUT2D eigenvalue weighted by molar-refractivity contribution is 5.69. The standard InChI is InChI=1S/C15H27NO2/c1-2-18-14(17)6-11-16-12-9-15(10-13-16)7-4-3-5-8-15/h2-13H2,1H3. The highest BCUT2D eigenvalue weighted by Crippen LogP contribution is 2.44. The monoisotopic (exact) mass is 253 g/mol. The SMILES string of the molecule is CCOC(=O)CCN1CCC2(CCCCC2)CC1. The van der Waals surface area contributed by atoms with E-state index in [1.54, 1.807) is 0 Å². The van der Waals surface area contributed by atoms with Crippen LogP contribution >= 0.6 is 0 Å². The Bertz CT molecular complexity index is 262. The number of carbonyl (C=O) groups excluding carboxylic acids is 1. The second-order valence-electron chi connectivity index (χ2n) is 5.96. The van der Waals surface area contributed by atoms with Crippen molar-refractivity contribution in [1.82, 2.24) is 4.90 Å². The summed E-state index contributed by atoms with van der Waals surface area (Å²) in [6, 6.07) is 0. The summed E-state index contributed by atoms with van der Waals surface area (Å²) in [6.45, 7) is 5.61. The summed E-state index contributed by atoms with van der Waals surface area (Å²) in [5, 5.41) is 0. The van der Waals surface area contributed by atoms with Gasteiger partial charge in [-0.05, 0) is 51.1 Å². The first-order valence-electron chi connectivity index (χ1n) is 7.62. The maximum atomic E-state index is 11.3. The van der Waals surface area contributed by atoms with Gasteiger partial charge in [-0.2, -0.15) is 0 Å². The minimum Gasteiger partial charge on any atom is -0.466 e. The van der Waals surface area contributed by atoms with E-state index in [1.165, 1.54) is 58.0 Å². The minimum atomic E-state index is -0.0459. The third kappa shape index (κ3) is 3.71. The van der Waals surface area contributed by atoms with E-state index in [0.29, 0.717) is 18.4 Å². The lowest BCUT2D eigenvalue weighted by atomic mass is 9.68. The molecule has 2 fully saturated rings. The predicted molar refractivity (Wildman–Crippen MR) is 72.4 cm³/mol. The summed E-state index contributed by atoms with van der Waals surface area (Å²) < 4.78 is 4.98. The smallest absolute Gasteiger partial charge is 0.307 e. The van der Waals surface area contributed by atoms with E-state index in [0.717, 1.165) is 6.54 Å². The lowest BCUT2D eigenvalue weighted by Crippen LogP contribution is -2.41. The van der Waals surface area contributed by atoms with Crippen LogP contribution in [0.4, 0.5) is 0 Å². The average molecular weight is 253 g/mol. The Morgan fingerprint density at radius 3 is 2.39 bits per heavy atom. The Labute approximate surface area is 111 Å². The van der Waals surface area contributed by atoms with Crippen molar-refractivity contribution in [3.63, 3.8) is 0 Å². The van der Waals surface area contributed by atoms with E-state index in [-0.39, 0.29) is 5.97 Å². The van der Waals surface area contributed by atoms with Gasteiger partial charge in [0, 0.05) is 6.54 Å². The second-order valence-corrected chi connectivity index (χ2v) is 5.96. The molecule has 1 aliphatic carbocycles. The molecule has 2 aliphatic rings. The molecule has 0 bridgehead atoms. The number of likely N-dealkylation sites (tertiary alicyclic amines) is 1. The predicted octanol–water partition coefficient (Wildman–Crippen LogP) is 2.99. The van der Waals surface area contributed by atoms with Gasteiger partial charge in [-0.3, -0.25) is 4.79 Å². The first kappa shape index (κ1) is 13.9. The largest absolute Gasteiger partial charge is 0.466 e. The maximum Gasteiger partial charge on any atom is 0.307 e.